The van der Waals surface area contributed by atoms with Crippen LogP contribution in [-0.2, 0) is 5.41 Å². The first kappa shape index (κ1) is 36.5. The number of rotatable bonds is 5. The van der Waals surface area contributed by atoms with Gasteiger partial charge in [-0.05, 0) is 101 Å². The van der Waals surface area contributed by atoms with Gasteiger partial charge in [0, 0.05) is 32.9 Å². The fourth-order valence-electron chi connectivity index (χ4n) is 10.6. The van der Waals surface area contributed by atoms with Crippen LogP contribution < -0.4 is 0 Å². The number of fused-ring (bicyclic) bond motifs is 10. The Balaban J connectivity index is 0.962. The van der Waals surface area contributed by atoms with Gasteiger partial charge >= 0.3 is 0 Å². The number of nitrogens with zero attached hydrogens (tertiary/aromatic N) is 2. The van der Waals surface area contributed by atoms with Crippen molar-refractivity contribution in [3.63, 3.8) is 0 Å². The molecule has 0 bridgehead atoms. The Morgan fingerprint density at radius 1 is 0.359 bits per heavy atom. The molecular weight excluding hydrogens is 777 g/mol. The van der Waals surface area contributed by atoms with Crippen molar-refractivity contribution in [2.24, 2.45) is 0 Å². The molecule has 0 amide bonds. The summed E-state index contributed by atoms with van der Waals surface area (Å²) in [5, 5.41) is 9.51. The zero-order valence-corrected chi connectivity index (χ0v) is 35.4. The van der Waals surface area contributed by atoms with Gasteiger partial charge in [-0.15, -0.1) is 0 Å². The van der Waals surface area contributed by atoms with Crippen molar-refractivity contribution in [3.05, 3.63) is 217 Å². The molecule has 0 unspecified atom stereocenters. The molecule has 3 nitrogen and oxygen atoms in total. The average molecular weight is 817 g/mol. The van der Waals surface area contributed by atoms with E-state index >= 15 is 0 Å². The molecule has 2 aromatic heterocycles. The minimum Gasteiger partial charge on any atom is -0.456 e. The molecule has 13 rings (SSSR count). The fraction of sp³-hybridized carbons (Fsp3) is 0.0492. The molecular formula is C61H40N2O. The van der Waals surface area contributed by atoms with E-state index in [1.807, 2.05) is 36.4 Å². The molecule has 2 heterocycles. The van der Waals surface area contributed by atoms with Gasteiger partial charge in [0.1, 0.15) is 11.2 Å². The number of hydrogen-bond acceptors (Lipinski definition) is 3. The van der Waals surface area contributed by atoms with Crippen molar-refractivity contribution in [3.8, 4) is 67.3 Å². The molecule has 300 valence electrons. The second-order valence-electron chi connectivity index (χ2n) is 17.6. The summed E-state index contributed by atoms with van der Waals surface area (Å²) in [6.07, 6.45) is 0. The average Bonchev–Trinajstić information content (AvgIpc) is 3.85. The van der Waals surface area contributed by atoms with E-state index in [4.69, 9.17) is 14.4 Å². The summed E-state index contributed by atoms with van der Waals surface area (Å²) in [7, 11) is 0. The highest BCUT2D eigenvalue weighted by Crippen LogP contribution is 2.53. The largest absolute Gasteiger partial charge is 0.456 e. The van der Waals surface area contributed by atoms with Gasteiger partial charge in [0.05, 0.1) is 11.4 Å². The maximum atomic E-state index is 6.33. The maximum Gasteiger partial charge on any atom is 0.160 e. The van der Waals surface area contributed by atoms with Gasteiger partial charge < -0.3 is 4.42 Å². The Morgan fingerprint density at radius 3 is 1.67 bits per heavy atom. The van der Waals surface area contributed by atoms with Crippen LogP contribution in [0.2, 0.25) is 0 Å². The molecule has 0 spiro atoms. The van der Waals surface area contributed by atoms with E-state index in [-0.39, 0.29) is 5.41 Å². The van der Waals surface area contributed by atoms with E-state index in [0.717, 1.165) is 55.4 Å². The van der Waals surface area contributed by atoms with Gasteiger partial charge in [-0.1, -0.05) is 196 Å². The molecule has 0 saturated carbocycles. The van der Waals surface area contributed by atoms with Crippen molar-refractivity contribution in [2.45, 2.75) is 19.3 Å². The van der Waals surface area contributed by atoms with Crippen LogP contribution in [0.15, 0.2) is 211 Å². The summed E-state index contributed by atoms with van der Waals surface area (Å²) in [6, 6.07) is 74.3. The lowest BCUT2D eigenvalue weighted by molar-refractivity contribution is 0.661. The first-order chi connectivity index (χ1) is 31.5. The van der Waals surface area contributed by atoms with E-state index in [1.54, 1.807) is 0 Å². The highest BCUT2D eigenvalue weighted by atomic mass is 16.3. The highest BCUT2D eigenvalue weighted by Gasteiger charge is 2.36. The Bertz CT molecular complexity index is 3880. The summed E-state index contributed by atoms with van der Waals surface area (Å²) in [6.45, 7) is 4.75. The monoisotopic (exact) mass is 816 g/mol. The summed E-state index contributed by atoms with van der Waals surface area (Å²) >= 11 is 0. The first-order valence-electron chi connectivity index (χ1n) is 22.1. The van der Waals surface area contributed by atoms with Gasteiger partial charge in [0.2, 0.25) is 0 Å². The van der Waals surface area contributed by atoms with E-state index in [9.17, 15) is 0 Å². The lowest BCUT2D eigenvalue weighted by Crippen LogP contribution is -2.15. The summed E-state index contributed by atoms with van der Waals surface area (Å²) in [4.78, 5) is 10.6. The van der Waals surface area contributed by atoms with E-state index in [0.29, 0.717) is 5.82 Å². The molecule has 0 saturated heterocycles. The Labute approximate surface area is 371 Å². The maximum absolute atomic E-state index is 6.33. The van der Waals surface area contributed by atoms with Crippen molar-refractivity contribution in [2.75, 3.05) is 0 Å². The molecule has 10 aromatic carbocycles. The third-order valence-electron chi connectivity index (χ3n) is 13.7. The van der Waals surface area contributed by atoms with Crippen LogP contribution in [0.1, 0.15) is 25.0 Å². The molecule has 0 atom stereocenters. The number of para-hydroxylation sites is 1. The third kappa shape index (κ3) is 5.47. The zero-order chi connectivity index (χ0) is 42.5. The number of benzene rings is 10. The minimum atomic E-state index is -0.117. The second-order valence-corrected chi connectivity index (χ2v) is 17.6. The second kappa shape index (κ2) is 13.9. The normalized spacial score (nSPS) is 13.0. The van der Waals surface area contributed by atoms with E-state index in [2.05, 4.69) is 184 Å². The molecule has 12 aromatic rings. The van der Waals surface area contributed by atoms with Crippen LogP contribution in [0.5, 0.6) is 0 Å². The number of hydrogen-bond donors (Lipinski definition) is 0. The Morgan fingerprint density at radius 2 is 0.922 bits per heavy atom. The van der Waals surface area contributed by atoms with Crippen LogP contribution >= 0.6 is 0 Å². The van der Waals surface area contributed by atoms with Crippen molar-refractivity contribution in [1.29, 1.82) is 0 Å². The van der Waals surface area contributed by atoms with E-state index in [1.165, 1.54) is 71.4 Å². The lowest BCUT2D eigenvalue weighted by Gasteiger charge is -2.22. The predicted molar refractivity (Wildman–Crippen MR) is 267 cm³/mol. The molecule has 1 aliphatic rings. The molecule has 3 heteroatoms. The molecule has 0 aliphatic heterocycles. The molecule has 0 N–H and O–H groups in total. The van der Waals surface area contributed by atoms with Crippen LogP contribution in [0.3, 0.4) is 0 Å². The third-order valence-corrected chi connectivity index (χ3v) is 13.7. The molecule has 1 aliphatic carbocycles. The quantitative estimate of drug-likeness (QED) is 0.174. The SMILES string of the molecule is CC1(C)c2cc(-c3ccc(-c4ccc(-c5cc(-c6cccc7oc8ccccc8c67)nc(-c6ccccc6)n5)c5ccccc45)c4ccccc34)ccc2-c2c1ccc1ccccc21. The van der Waals surface area contributed by atoms with Gasteiger partial charge in [-0.2, -0.15) is 0 Å². The van der Waals surface area contributed by atoms with E-state index < -0.39 is 0 Å². The van der Waals surface area contributed by atoms with Crippen molar-refractivity contribution in [1.82, 2.24) is 9.97 Å². The van der Waals surface area contributed by atoms with Gasteiger partial charge in [0.15, 0.2) is 5.82 Å². The topological polar surface area (TPSA) is 38.9 Å². The van der Waals surface area contributed by atoms with Gasteiger partial charge in [-0.25, -0.2) is 9.97 Å². The summed E-state index contributed by atoms with van der Waals surface area (Å²) < 4.78 is 6.33. The van der Waals surface area contributed by atoms with Crippen molar-refractivity contribution >= 4 is 54.3 Å². The lowest BCUT2D eigenvalue weighted by atomic mass is 9.81. The Hall–Kier alpha value is -8.14. The fourth-order valence-corrected chi connectivity index (χ4v) is 10.6. The van der Waals surface area contributed by atoms with Crippen LogP contribution in [0, 0.1) is 0 Å². The molecule has 64 heavy (non-hydrogen) atoms. The summed E-state index contributed by atoms with van der Waals surface area (Å²) in [5.74, 6) is 0.680. The van der Waals surface area contributed by atoms with Crippen LogP contribution in [0.4, 0.5) is 0 Å². The molecule has 0 radical (unpaired) electrons. The van der Waals surface area contributed by atoms with Crippen LogP contribution in [-0.4, -0.2) is 9.97 Å². The Kier molecular flexibility index (Phi) is 7.95. The first-order valence-corrected chi connectivity index (χ1v) is 22.1. The van der Waals surface area contributed by atoms with Gasteiger partial charge in [-0.3, -0.25) is 0 Å². The minimum absolute atomic E-state index is 0.117. The number of aromatic nitrogens is 2. The smallest absolute Gasteiger partial charge is 0.160 e. The highest BCUT2D eigenvalue weighted by molar-refractivity contribution is 6.14. The van der Waals surface area contributed by atoms with Crippen LogP contribution in [0.25, 0.3) is 122 Å². The summed E-state index contributed by atoms with van der Waals surface area (Å²) in [5.41, 5.74) is 16.7. The molecule has 0 fully saturated rings. The predicted octanol–water partition coefficient (Wildman–Crippen LogP) is 16.5. The number of furan rings is 1. The standard InChI is InChI=1S/C61H40N2O/c1-61(2)52-34-28-37-15-6-7-18-41(37)58(52)49-29-27-39(35-53(49)61)40-30-31-46(43-20-9-8-19-42(40)43)47-32-33-48(45-22-11-10-21-44(45)47)54-36-55(63-60(62-54)38-16-4-3-5-17-38)50-24-14-26-57-59(50)51-23-12-13-25-56(51)64-57/h3-36H,1-2H3. The van der Waals surface area contributed by atoms with Gasteiger partial charge in [0.25, 0.3) is 0 Å². The van der Waals surface area contributed by atoms with Crippen molar-refractivity contribution < 1.29 is 4.42 Å². The zero-order valence-electron chi connectivity index (χ0n) is 35.4.